The number of carbonyl (C=O) groups is 1. The van der Waals surface area contributed by atoms with Crippen LogP contribution in [-0.4, -0.2) is 47.0 Å². The number of nitrogens with zero attached hydrogens (tertiary/aromatic N) is 2. The predicted molar refractivity (Wildman–Crippen MR) is 149 cm³/mol. The number of hydrogen-bond acceptors (Lipinski definition) is 6. The van der Waals surface area contributed by atoms with Crippen molar-refractivity contribution in [2.45, 2.75) is 155 Å². The van der Waals surface area contributed by atoms with Gasteiger partial charge in [-0.3, -0.25) is 4.79 Å². The zero-order valence-electron chi connectivity index (χ0n) is 24.1. The highest BCUT2D eigenvalue weighted by molar-refractivity contribution is 5.66. The first kappa shape index (κ1) is 35.2. The molecule has 3 atom stereocenters. The van der Waals surface area contributed by atoms with Crippen LogP contribution in [0.25, 0.3) is 0 Å². The first-order valence-corrected chi connectivity index (χ1v) is 14.6. The van der Waals surface area contributed by atoms with Gasteiger partial charge in [0, 0.05) is 6.42 Å². The van der Waals surface area contributed by atoms with E-state index in [1.165, 1.54) is 51.4 Å². The summed E-state index contributed by atoms with van der Waals surface area (Å²) >= 11 is 0. The van der Waals surface area contributed by atoms with Crippen LogP contribution in [0.15, 0.2) is 9.98 Å². The Labute approximate surface area is 225 Å². The first-order valence-electron chi connectivity index (χ1n) is 14.6. The average Bonchev–Trinajstić information content (AvgIpc) is 2.81. The number of isocyanates is 2. The van der Waals surface area contributed by atoms with E-state index in [1.54, 1.807) is 12.2 Å². The highest BCUT2D eigenvalue weighted by Gasteiger charge is 2.41. The molecular formula is C30H54N2O5. The monoisotopic (exact) mass is 522 g/mol. The van der Waals surface area contributed by atoms with Gasteiger partial charge in [0.1, 0.15) is 0 Å². The molecule has 1 fully saturated rings. The van der Waals surface area contributed by atoms with Gasteiger partial charge in [0.05, 0.1) is 18.7 Å². The van der Waals surface area contributed by atoms with E-state index >= 15 is 0 Å². The van der Waals surface area contributed by atoms with E-state index in [0.29, 0.717) is 13.0 Å². The molecule has 0 amide bonds. The molecule has 1 aliphatic carbocycles. The van der Waals surface area contributed by atoms with E-state index in [2.05, 4.69) is 37.7 Å². The lowest BCUT2D eigenvalue weighted by molar-refractivity contribution is -0.137. The summed E-state index contributed by atoms with van der Waals surface area (Å²) in [6, 6.07) is 0.00750. The normalized spacial score (nSPS) is 21.1. The third-order valence-corrected chi connectivity index (χ3v) is 7.25. The van der Waals surface area contributed by atoms with Crippen molar-refractivity contribution >= 4 is 18.1 Å². The molecule has 0 spiro atoms. The minimum atomic E-state index is -0.678. The van der Waals surface area contributed by atoms with Crippen molar-refractivity contribution in [3.05, 3.63) is 0 Å². The molecule has 37 heavy (non-hydrogen) atoms. The molecule has 0 heterocycles. The molecule has 7 nitrogen and oxygen atoms in total. The summed E-state index contributed by atoms with van der Waals surface area (Å²) in [4.78, 5) is 38.4. The zero-order valence-corrected chi connectivity index (χ0v) is 24.1. The summed E-state index contributed by atoms with van der Waals surface area (Å²) < 4.78 is 0. The number of carboxylic acids is 1. The quantitative estimate of drug-likeness (QED) is 0.103. The van der Waals surface area contributed by atoms with E-state index in [9.17, 15) is 19.5 Å². The van der Waals surface area contributed by atoms with Crippen LogP contribution in [-0.2, 0) is 14.4 Å². The molecule has 214 valence electrons. The molecule has 2 N–H and O–H groups in total. The molecule has 3 unspecified atom stereocenters. The van der Waals surface area contributed by atoms with Crippen molar-refractivity contribution in [1.29, 1.82) is 0 Å². The van der Waals surface area contributed by atoms with E-state index in [0.717, 1.165) is 57.8 Å². The Hall–Kier alpha value is -1.81. The van der Waals surface area contributed by atoms with Gasteiger partial charge in [0.2, 0.25) is 12.2 Å². The smallest absolute Gasteiger partial charge is 0.303 e. The van der Waals surface area contributed by atoms with Crippen molar-refractivity contribution in [3.8, 4) is 0 Å². The van der Waals surface area contributed by atoms with Gasteiger partial charge >= 0.3 is 5.97 Å². The number of carbonyl (C=O) groups excluding carboxylic acids is 2. The number of rotatable bonds is 19. The standard InChI is InChI=1S/C18H36O3.C12H18N2O2/c1-2-3-4-11-14-17(19)15-12-9-7-5-6-8-10-13-16-18(20)21;1-11(2)4-10(14-9-16)5-12(3,6-11)7-13-8-15/h17,19H,2-16H2,1H3,(H,20,21);10H,4-7H2,1-3H3. The summed E-state index contributed by atoms with van der Waals surface area (Å²) in [5.41, 5.74) is 0.0561. The number of aliphatic hydroxyl groups is 1. The van der Waals surface area contributed by atoms with Gasteiger partial charge in [-0.2, -0.15) is 0 Å². The fourth-order valence-electron chi connectivity index (χ4n) is 5.76. The second kappa shape index (κ2) is 21.2. The fourth-order valence-corrected chi connectivity index (χ4v) is 5.76. The van der Waals surface area contributed by atoms with Crippen LogP contribution in [0.4, 0.5) is 0 Å². The molecule has 0 saturated heterocycles. The minimum Gasteiger partial charge on any atom is -0.481 e. The number of carboxylic acid groups (broad SMARTS) is 1. The molecular weight excluding hydrogens is 468 g/mol. The van der Waals surface area contributed by atoms with Crippen LogP contribution in [0.5, 0.6) is 0 Å². The molecule has 0 bridgehead atoms. The maximum Gasteiger partial charge on any atom is 0.303 e. The van der Waals surface area contributed by atoms with Gasteiger partial charge in [0.25, 0.3) is 0 Å². The Morgan fingerprint density at radius 1 is 0.865 bits per heavy atom. The Kier molecular flexibility index (Phi) is 20.1. The summed E-state index contributed by atoms with van der Waals surface area (Å²) in [5, 5.41) is 18.4. The Balaban J connectivity index is 0.000000724. The van der Waals surface area contributed by atoms with Crippen molar-refractivity contribution in [3.63, 3.8) is 0 Å². The highest BCUT2D eigenvalue weighted by Crippen LogP contribution is 2.47. The van der Waals surface area contributed by atoms with Gasteiger partial charge in [-0.25, -0.2) is 19.6 Å². The Morgan fingerprint density at radius 2 is 1.41 bits per heavy atom. The largest absolute Gasteiger partial charge is 0.481 e. The van der Waals surface area contributed by atoms with Crippen LogP contribution < -0.4 is 0 Å². The topological polar surface area (TPSA) is 116 Å². The van der Waals surface area contributed by atoms with E-state index < -0.39 is 5.97 Å². The third-order valence-electron chi connectivity index (χ3n) is 7.25. The molecule has 0 aromatic heterocycles. The molecule has 0 aromatic rings. The van der Waals surface area contributed by atoms with Crippen LogP contribution in [0, 0.1) is 10.8 Å². The number of aliphatic carboxylic acids is 1. The highest BCUT2D eigenvalue weighted by atomic mass is 16.4. The molecule has 1 aliphatic rings. The SMILES string of the molecule is CC1(C)CC(N=C=O)CC(C)(CN=C=O)C1.CCCCCCC(O)CCCCCCCCCCC(=O)O. The van der Waals surface area contributed by atoms with Gasteiger partial charge in [-0.1, -0.05) is 98.3 Å². The molecule has 1 saturated carbocycles. The van der Waals surface area contributed by atoms with E-state index in [-0.39, 0.29) is 23.0 Å². The van der Waals surface area contributed by atoms with Crippen molar-refractivity contribution in [2.75, 3.05) is 6.54 Å². The lowest BCUT2D eigenvalue weighted by Crippen LogP contribution is -2.39. The van der Waals surface area contributed by atoms with E-state index in [1.807, 2.05) is 0 Å². The maximum atomic E-state index is 10.3. The molecule has 0 aromatic carbocycles. The van der Waals surface area contributed by atoms with Crippen molar-refractivity contribution in [1.82, 2.24) is 0 Å². The Bertz CT molecular complexity index is 698. The van der Waals surface area contributed by atoms with Crippen molar-refractivity contribution in [2.24, 2.45) is 20.8 Å². The minimum absolute atomic E-state index is 0.00750. The van der Waals surface area contributed by atoms with Gasteiger partial charge in [-0.15, -0.1) is 0 Å². The van der Waals surface area contributed by atoms with Crippen molar-refractivity contribution < 1.29 is 24.6 Å². The van der Waals surface area contributed by atoms with Crippen LogP contribution >= 0.6 is 0 Å². The number of aliphatic imine (C=N–C) groups is 2. The number of aliphatic hydroxyl groups excluding tert-OH is 1. The first-order chi connectivity index (χ1) is 17.6. The van der Waals surface area contributed by atoms with Gasteiger partial charge in [-0.05, 0) is 49.4 Å². The summed E-state index contributed by atoms with van der Waals surface area (Å²) in [7, 11) is 0. The second-order valence-corrected chi connectivity index (χ2v) is 12.1. The number of unbranched alkanes of at least 4 members (excludes halogenated alkanes) is 10. The van der Waals surface area contributed by atoms with Crippen LogP contribution in [0.3, 0.4) is 0 Å². The predicted octanol–water partition coefficient (Wildman–Crippen LogP) is 7.55. The van der Waals surface area contributed by atoms with Gasteiger partial charge < -0.3 is 10.2 Å². The molecule has 1 rings (SSSR count). The Morgan fingerprint density at radius 3 is 1.92 bits per heavy atom. The molecule has 0 radical (unpaired) electrons. The van der Waals surface area contributed by atoms with Crippen LogP contribution in [0.2, 0.25) is 0 Å². The second-order valence-electron chi connectivity index (χ2n) is 12.1. The van der Waals surface area contributed by atoms with Crippen LogP contribution in [0.1, 0.15) is 143 Å². The average molecular weight is 523 g/mol. The summed E-state index contributed by atoms with van der Waals surface area (Å²) in [6.45, 7) is 9.07. The summed E-state index contributed by atoms with van der Waals surface area (Å²) in [6.07, 6.45) is 22.1. The number of hydrogen-bond donors (Lipinski definition) is 2. The summed E-state index contributed by atoms with van der Waals surface area (Å²) in [5.74, 6) is -0.678. The van der Waals surface area contributed by atoms with E-state index in [4.69, 9.17) is 5.11 Å². The zero-order chi connectivity index (χ0) is 28.0. The van der Waals surface area contributed by atoms with Gasteiger partial charge in [0.15, 0.2) is 0 Å². The fraction of sp³-hybridized carbons (Fsp3) is 0.900. The lowest BCUT2D eigenvalue weighted by Gasteiger charge is -2.44. The maximum absolute atomic E-state index is 10.3. The molecule has 7 heteroatoms. The molecule has 0 aliphatic heterocycles. The lowest BCUT2D eigenvalue weighted by atomic mass is 9.63. The third kappa shape index (κ3) is 20.9.